The molecule has 2 rings (SSSR count). The lowest BCUT2D eigenvalue weighted by Crippen LogP contribution is -2.27. The molecule has 2 nitrogen and oxygen atoms in total. The Morgan fingerprint density at radius 2 is 1.45 bits per heavy atom. The maximum Gasteiger partial charge on any atom is 0.188 e. The zero-order chi connectivity index (χ0) is 7.52. The first-order valence-corrected chi connectivity index (χ1v) is 4.53. The van der Waals surface area contributed by atoms with Crippen molar-refractivity contribution in [2.45, 2.75) is 37.7 Å². The van der Waals surface area contributed by atoms with E-state index in [0.717, 1.165) is 13.2 Å². The Kier molecular flexibility index (Phi) is 2.49. The molecule has 11 heavy (non-hydrogen) atoms. The van der Waals surface area contributed by atoms with E-state index in [-0.39, 0.29) is 0 Å². The van der Waals surface area contributed by atoms with Crippen LogP contribution in [0.25, 0.3) is 0 Å². The molecule has 0 aromatic carbocycles. The largest absolute Gasteiger partial charge is 0.387 e. The van der Waals surface area contributed by atoms with Gasteiger partial charge in [-0.3, -0.25) is 0 Å². The molecule has 0 aromatic heterocycles. The van der Waals surface area contributed by atoms with Crippen molar-refractivity contribution in [3.8, 4) is 0 Å². The van der Waals surface area contributed by atoms with Crippen LogP contribution in [0.4, 0.5) is 0 Å². The topological polar surface area (TPSA) is 18.5 Å². The van der Waals surface area contributed by atoms with Crippen LogP contribution < -0.4 is 0 Å². The minimum atomic E-state index is 0.387. The SMILES string of the molecule is [B](C1CCCO1)C1CCCO1. The number of hydrogen-bond donors (Lipinski definition) is 0. The highest BCUT2D eigenvalue weighted by atomic mass is 16.5. The van der Waals surface area contributed by atoms with E-state index in [1.807, 2.05) is 0 Å². The first-order valence-electron chi connectivity index (χ1n) is 4.53. The first-order chi connectivity index (χ1) is 5.45. The Hall–Kier alpha value is -0.0151. The fourth-order valence-electron chi connectivity index (χ4n) is 1.75. The van der Waals surface area contributed by atoms with Gasteiger partial charge in [-0.2, -0.15) is 0 Å². The van der Waals surface area contributed by atoms with Gasteiger partial charge in [-0.05, 0) is 25.7 Å². The van der Waals surface area contributed by atoms with E-state index in [0.29, 0.717) is 12.0 Å². The third-order valence-electron chi connectivity index (χ3n) is 2.36. The van der Waals surface area contributed by atoms with Crippen LogP contribution in [0, 0.1) is 0 Å². The lowest BCUT2D eigenvalue weighted by molar-refractivity contribution is 0.138. The highest BCUT2D eigenvalue weighted by Crippen LogP contribution is 2.17. The van der Waals surface area contributed by atoms with Crippen LogP contribution in [0.1, 0.15) is 25.7 Å². The van der Waals surface area contributed by atoms with Crippen molar-refractivity contribution >= 4 is 7.28 Å². The Balaban J connectivity index is 1.71. The average Bonchev–Trinajstić information content (AvgIpc) is 2.60. The summed E-state index contributed by atoms with van der Waals surface area (Å²) in [5, 5.41) is 0. The molecule has 2 unspecified atom stereocenters. The van der Waals surface area contributed by atoms with Gasteiger partial charge in [0.15, 0.2) is 7.28 Å². The van der Waals surface area contributed by atoms with E-state index < -0.39 is 0 Å². The van der Waals surface area contributed by atoms with Crippen molar-refractivity contribution in [1.29, 1.82) is 0 Å². The van der Waals surface area contributed by atoms with Gasteiger partial charge in [-0.1, -0.05) is 0 Å². The van der Waals surface area contributed by atoms with Gasteiger partial charge in [0.05, 0.1) is 0 Å². The Labute approximate surface area is 68.5 Å². The zero-order valence-corrected chi connectivity index (χ0v) is 6.79. The minimum absolute atomic E-state index is 0.387. The molecule has 2 heterocycles. The summed E-state index contributed by atoms with van der Waals surface area (Å²) in [6.07, 6.45) is 4.82. The lowest BCUT2D eigenvalue weighted by atomic mass is 9.64. The molecule has 2 aliphatic rings. The van der Waals surface area contributed by atoms with E-state index in [1.54, 1.807) is 0 Å². The van der Waals surface area contributed by atoms with Gasteiger partial charge >= 0.3 is 0 Å². The first kappa shape index (κ1) is 7.62. The maximum absolute atomic E-state index is 5.48. The van der Waals surface area contributed by atoms with E-state index in [4.69, 9.17) is 9.47 Å². The van der Waals surface area contributed by atoms with E-state index in [1.165, 1.54) is 25.7 Å². The molecule has 2 aliphatic heterocycles. The van der Waals surface area contributed by atoms with Gasteiger partial charge < -0.3 is 9.47 Å². The third kappa shape index (κ3) is 1.97. The molecule has 61 valence electrons. The molecule has 2 saturated heterocycles. The zero-order valence-electron chi connectivity index (χ0n) is 6.79. The summed E-state index contributed by atoms with van der Waals surface area (Å²) in [6.45, 7) is 1.88. The number of ether oxygens (including phenoxy) is 2. The molecule has 0 aromatic rings. The van der Waals surface area contributed by atoms with Crippen LogP contribution in [0.3, 0.4) is 0 Å². The van der Waals surface area contributed by atoms with Gasteiger partial charge in [-0.25, -0.2) is 0 Å². The standard InChI is InChI=1S/C8H14BO2/c1-3-7(10-5-1)9-8-4-2-6-11-8/h7-8H,1-6H2. The normalized spacial score (nSPS) is 37.8. The minimum Gasteiger partial charge on any atom is -0.387 e. The van der Waals surface area contributed by atoms with Gasteiger partial charge in [0.2, 0.25) is 0 Å². The molecule has 0 aliphatic carbocycles. The van der Waals surface area contributed by atoms with Crippen LogP contribution in [0.5, 0.6) is 0 Å². The average molecular weight is 153 g/mol. The highest BCUT2D eigenvalue weighted by molar-refractivity contribution is 6.39. The molecule has 0 bridgehead atoms. The molecule has 0 N–H and O–H groups in total. The summed E-state index contributed by atoms with van der Waals surface area (Å²) in [7, 11) is 2.24. The van der Waals surface area contributed by atoms with Gasteiger partial charge in [-0.15, -0.1) is 0 Å². The molecule has 3 heteroatoms. The summed E-state index contributed by atoms with van der Waals surface area (Å²) in [5.41, 5.74) is 0. The molecule has 0 saturated carbocycles. The summed E-state index contributed by atoms with van der Waals surface area (Å²) in [5.74, 6) is 0. The van der Waals surface area contributed by atoms with Crippen LogP contribution in [0.15, 0.2) is 0 Å². The van der Waals surface area contributed by atoms with Crippen molar-refractivity contribution in [2.75, 3.05) is 13.2 Å². The third-order valence-corrected chi connectivity index (χ3v) is 2.36. The van der Waals surface area contributed by atoms with Crippen molar-refractivity contribution in [3.63, 3.8) is 0 Å². The molecule has 0 spiro atoms. The summed E-state index contributed by atoms with van der Waals surface area (Å²) < 4.78 is 11.0. The van der Waals surface area contributed by atoms with Crippen molar-refractivity contribution in [1.82, 2.24) is 0 Å². The molecule has 2 atom stereocenters. The van der Waals surface area contributed by atoms with Gasteiger partial charge in [0.25, 0.3) is 0 Å². The molecule has 2 fully saturated rings. The summed E-state index contributed by atoms with van der Waals surface area (Å²) in [4.78, 5) is 0. The quantitative estimate of drug-likeness (QED) is 0.550. The van der Waals surface area contributed by atoms with E-state index >= 15 is 0 Å². The predicted molar refractivity (Wildman–Crippen MR) is 43.7 cm³/mol. The fourth-order valence-corrected chi connectivity index (χ4v) is 1.75. The van der Waals surface area contributed by atoms with Crippen LogP contribution >= 0.6 is 0 Å². The van der Waals surface area contributed by atoms with Crippen molar-refractivity contribution < 1.29 is 9.47 Å². The second-order valence-corrected chi connectivity index (χ2v) is 3.30. The second-order valence-electron chi connectivity index (χ2n) is 3.30. The highest BCUT2D eigenvalue weighted by Gasteiger charge is 2.24. The maximum atomic E-state index is 5.48. The smallest absolute Gasteiger partial charge is 0.188 e. The van der Waals surface area contributed by atoms with Crippen LogP contribution in [-0.2, 0) is 9.47 Å². The van der Waals surface area contributed by atoms with Crippen LogP contribution in [0.2, 0.25) is 0 Å². The fraction of sp³-hybridized carbons (Fsp3) is 1.00. The summed E-state index contributed by atoms with van der Waals surface area (Å²) in [6, 6.07) is 0.774. The predicted octanol–water partition coefficient (Wildman–Crippen LogP) is 0.964. The number of rotatable bonds is 2. The molecule has 1 radical (unpaired) electrons. The number of hydrogen-bond acceptors (Lipinski definition) is 2. The van der Waals surface area contributed by atoms with E-state index in [9.17, 15) is 0 Å². The Morgan fingerprint density at radius 1 is 0.909 bits per heavy atom. The molecular weight excluding hydrogens is 139 g/mol. The van der Waals surface area contributed by atoms with Crippen molar-refractivity contribution in [3.05, 3.63) is 0 Å². The second kappa shape index (κ2) is 3.59. The van der Waals surface area contributed by atoms with Crippen molar-refractivity contribution in [2.24, 2.45) is 0 Å². The van der Waals surface area contributed by atoms with Gasteiger partial charge in [0.1, 0.15) is 0 Å². The molecule has 0 amide bonds. The molecular formula is C8H14BO2. The Bertz CT molecular complexity index is 103. The van der Waals surface area contributed by atoms with Gasteiger partial charge in [0, 0.05) is 25.2 Å². The Morgan fingerprint density at radius 3 is 1.82 bits per heavy atom. The summed E-state index contributed by atoms with van der Waals surface area (Å²) >= 11 is 0. The lowest BCUT2D eigenvalue weighted by Gasteiger charge is -2.12. The monoisotopic (exact) mass is 153 g/mol. The van der Waals surface area contributed by atoms with Crippen LogP contribution in [-0.4, -0.2) is 32.5 Å². The van der Waals surface area contributed by atoms with E-state index in [2.05, 4.69) is 7.28 Å².